The molecule has 7 heteroatoms. The molecule has 6 nitrogen and oxygen atoms in total. The van der Waals surface area contributed by atoms with Crippen LogP contribution in [0.1, 0.15) is 23.1 Å². The van der Waals surface area contributed by atoms with Crippen LogP contribution in [0.25, 0.3) is 0 Å². The third-order valence-corrected chi connectivity index (χ3v) is 7.38. The first kappa shape index (κ1) is 24.9. The number of amides is 1. The zero-order chi connectivity index (χ0) is 25.6. The molecule has 3 aromatic carbocycles. The lowest BCUT2D eigenvalue weighted by Gasteiger charge is -2.38. The predicted molar refractivity (Wildman–Crippen MR) is 142 cm³/mol. The summed E-state index contributed by atoms with van der Waals surface area (Å²) in [5, 5.41) is 13.1. The quantitative estimate of drug-likeness (QED) is 0.538. The molecule has 0 aliphatic carbocycles. The highest BCUT2D eigenvalue weighted by atomic mass is 19.1. The minimum absolute atomic E-state index is 0.173. The molecule has 0 aromatic heterocycles. The van der Waals surface area contributed by atoms with Crippen LogP contribution in [0.15, 0.2) is 78.9 Å². The lowest BCUT2D eigenvalue weighted by molar-refractivity contribution is -0.136. The van der Waals surface area contributed by atoms with E-state index < -0.39 is 0 Å². The van der Waals surface area contributed by atoms with Gasteiger partial charge in [0, 0.05) is 51.9 Å². The monoisotopic (exact) mass is 497 g/mol. The number of carbonyl (C=O) groups is 1. The first-order valence-corrected chi connectivity index (χ1v) is 12.9. The highest BCUT2D eigenvalue weighted by Crippen LogP contribution is 2.25. The largest absolute Gasteiger partial charge is 0.367 e. The number of piperazine rings is 1. The average Bonchev–Trinajstić information content (AvgIpc) is 3.35. The summed E-state index contributed by atoms with van der Waals surface area (Å²) in [7, 11) is 0. The molecule has 0 saturated carbocycles. The average molecular weight is 498 g/mol. The second kappa shape index (κ2) is 11.5. The number of benzene rings is 3. The van der Waals surface area contributed by atoms with Gasteiger partial charge < -0.3 is 15.1 Å². The number of para-hydroxylation sites is 1. The van der Waals surface area contributed by atoms with Gasteiger partial charge in [0.05, 0.1) is 17.3 Å². The minimum atomic E-state index is -0.236. The van der Waals surface area contributed by atoms with E-state index in [4.69, 9.17) is 0 Å². The van der Waals surface area contributed by atoms with Crippen molar-refractivity contribution in [3.05, 3.63) is 101 Å². The van der Waals surface area contributed by atoms with Crippen LogP contribution in [0, 0.1) is 17.1 Å². The molecule has 190 valence electrons. The fourth-order valence-corrected chi connectivity index (χ4v) is 5.39. The van der Waals surface area contributed by atoms with Crippen molar-refractivity contribution in [1.29, 1.82) is 5.26 Å². The van der Waals surface area contributed by atoms with E-state index in [9.17, 15) is 14.4 Å². The van der Waals surface area contributed by atoms with E-state index in [-0.39, 0.29) is 23.8 Å². The van der Waals surface area contributed by atoms with Crippen LogP contribution in [0.2, 0.25) is 0 Å². The van der Waals surface area contributed by atoms with E-state index in [1.807, 2.05) is 47.4 Å². The molecule has 2 saturated heterocycles. The van der Waals surface area contributed by atoms with Crippen LogP contribution >= 0.6 is 0 Å². The Labute approximate surface area is 217 Å². The number of likely N-dealkylation sites (tertiary alicyclic amines) is 1. The van der Waals surface area contributed by atoms with Gasteiger partial charge in [-0.2, -0.15) is 5.26 Å². The summed E-state index contributed by atoms with van der Waals surface area (Å²) in [4.78, 5) is 20.2. The maximum absolute atomic E-state index is 13.8. The molecule has 0 spiro atoms. The van der Waals surface area contributed by atoms with E-state index >= 15 is 0 Å². The summed E-state index contributed by atoms with van der Waals surface area (Å²) in [6.07, 6.45) is 0.740. The van der Waals surface area contributed by atoms with Crippen molar-refractivity contribution in [2.75, 3.05) is 37.6 Å². The zero-order valence-electron chi connectivity index (χ0n) is 20.9. The van der Waals surface area contributed by atoms with Crippen LogP contribution in [-0.2, 0) is 17.9 Å². The number of rotatable bonds is 7. The number of nitrogens with one attached hydrogen (secondary N) is 1. The fourth-order valence-electron chi connectivity index (χ4n) is 5.39. The Morgan fingerprint density at radius 3 is 2.35 bits per heavy atom. The summed E-state index contributed by atoms with van der Waals surface area (Å²) in [6.45, 7) is 4.85. The Morgan fingerprint density at radius 2 is 1.62 bits per heavy atom. The molecule has 0 bridgehead atoms. The van der Waals surface area contributed by atoms with Crippen molar-refractivity contribution in [2.24, 2.45) is 0 Å². The highest BCUT2D eigenvalue weighted by molar-refractivity contribution is 5.82. The lowest BCUT2D eigenvalue weighted by atomic mass is 10.1. The van der Waals surface area contributed by atoms with Crippen LogP contribution in [-0.4, -0.2) is 60.5 Å². The van der Waals surface area contributed by atoms with E-state index in [0.29, 0.717) is 38.3 Å². The topological polar surface area (TPSA) is 62.6 Å². The summed E-state index contributed by atoms with van der Waals surface area (Å²) in [5.74, 6) is -0.0595. The number of nitriles is 1. The van der Waals surface area contributed by atoms with Gasteiger partial charge in [-0.1, -0.05) is 54.6 Å². The van der Waals surface area contributed by atoms with Gasteiger partial charge in [0.2, 0.25) is 5.91 Å². The molecule has 0 radical (unpaired) electrons. The van der Waals surface area contributed by atoms with Crippen LogP contribution in [0.3, 0.4) is 0 Å². The fraction of sp³-hybridized carbons (Fsp3) is 0.333. The van der Waals surface area contributed by atoms with Crippen LogP contribution < -0.4 is 10.2 Å². The van der Waals surface area contributed by atoms with Gasteiger partial charge in [0.1, 0.15) is 11.9 Å². The van der Waals surface area contributed by atoms with Crippen molar-refractivity contribution >= 4 is 11.6 Å². The molecular weight excluding hydrogens is 465 g/mol. The van der Waals surface area contributed by atoms with E-state index in [1.165, 1.54) is 17.7 Å². The summed E-state index contributed by atoms with van der Waals surface area (Å²) < 4.78 is 13.3. The third kappa shape index (κ3) is 5.99. The number of carbonyl (C=O) groups excluding carboxylic acids is 1. The molecule has 5 rings (SSSR count). The summed E-state index contributed by atoms with van der Waals surface area (Å²) in [6, 6.07) is 26.7. The van der Waals surface area contributed by atoms with Crippen molar-refractivity contribution in [3.8, 4) is 6.07 Å². The molecule has 37 heavy (non-hydrogen) atoms. The first-order chi connectivity index (χ1) is 18.1. The number of nitrogens with zero attached hydrogens (tertiary/aromatic N) is 4. The smallest absolute Gasteiger partial charge is 0.240 e. The van der Waals surface area contributed by atoms with Gasteiger partial charge in [-0.25, -0.2) is 4.39 Å². The standard InChI is InChI=1S/C30H32FN5O/c31-26-12-10-23(11-13-26)20-33-27-18-29(36(22-27)21-24-6-2-1-3-7-24)30(37)35-16-14-34(15-17-35)28-9-5-4-8-25(28)19-32/h1-13,27,29,33H,14-18,20-22H2/t27-,29-/m0/s1. The number of halogens is 1. The van der Waals surface area contributed by atoms with E-state index in [1.54, 1.807) is 12.1 Å². The van der Waals surface area contributed by atoms with Gasteiger partial charge in [-0.3, -0.25) is 9.69 Å². The summed E-state index contributed by atoms with van der Waals surface area (Å²) >= 11 is 0. The normalized spacial score (nSPS) is 20.1. The Kier molecular flexibility index (Phi) is 7.79. The Hall–Kier alpha value is -3.73. The molecule has 2 aliphatic heterocycles. The second-order valence-corrected chi connectivity index (χ2v) is 9.81. The Bertz CT molecular complexity index is 1230. The van der Waals surface area contributed by atoms with Crippen molar-refractivity contribution in [3.63, 3.8) is 0 Å². The van der Waals surface area contributed by atoms with Gasteiger partial charge in [-0.15, -0.1) is 0 Å². The number of hydrogen-bond acceptors (Lipinski definition) is 5. The number of hydrogen-bond donors (Lipinski definition) is 1. The third-order valence-electron chi connectivity index (χ3n) is 7.38. The SMILES string of the molecule is N#Cc1ccccc1N1CCN(C(=O)[C@@H]2C[C@H](NCc3ccc(F)cc3)CN2Cc2ccccc2)CC1. The van der Waals surface area contributed by atoms with Gasteiger partial charge >= 0.3 is 0 Å². The Morgan fingerprint density at radius 1 is 0.919 bits per heavy atom. The Balaban J connectivity index is 1.24. The molecule has 2 aliphatic rings. The molecule has 3 aromatic rings. The van der Waals surface area contributed by atoms with Gasteiger partial charge in [0.25, 0.3) is 0 Å². The zero-order valence-corrected chi connectivity index (χ0v) is 20.9. The van der Waals surface area contributed by atoms with E-state index in [0.717, 1.165) is 30.8 Å². The number of anilines is 1. The maximum Gasteiger partial charge on any atom is 0.240 e. The molecule has 2 atom stereocenters. The highest BCUT2D eigenvalue weighted by Gasteiger charge is 2.39. The summed E-state index contributed by atoms with van der Waals surface area (Å²) in [5.41, 5.74) is 3.83. The molecule has 0 unspecified atom stereocenters. The minimum Gasteiger partial charge on any atom is -0.367 e. The van der Waals surface area contributed by atoms with Gasteiger partial charge in [0.15, 0.2) is 0 Å². The molecule has 2 heterocycles. The molecule has 2 fully saturated rings. The molecule has 1 amide bonds. The van der Waals surface area contributed by atoms with Crippen molar-refractivity contribution in [1.82, 2.24) is 15.1 Å². The van der Waals surface area contributed by atoms with Crippen molar-refractivity contribution < 1.29 is 9.18 Å². The lowest BCUT2D eigenvalue weighted by Crippen LogP contribution is -2.53. The van der Waals surface area contributed by atoms with Crippen LogP contribution in [0.4, 0.5) is 10.1 Å². The molecular formula is C30H32FN5O. The van der Waals surface area contributed by atoms with E-state index in [2.05, 4.69) is 33.3 Å². The maximum atomic E-state index is 13.8. The second-order valence-electron chi connectivity index (χ2n) is 9.81. The first-order valence-electron chi connectivity index (χ1n) is 12.9. The van der Waals surface area contributed by atoms with Gasteiger partial charge in [-0.05, 0) is 41.8 Å². The van der Waals surface area contributed by atoms with Crippen LogP contribution in [0.5, 0.6) is 0 Å². The van der Waals surface area contributed by atoms with Crippen molar-refractivity contribution in [2.45, 2.75) is 31.6 Å². The molecule has 1 N–H and O–H groups in total. The predicted octanol–water partition coefficient (Wildman–Crippen LogP) is 3.78.